The lowest BCUT2D eigenvalue weighted by Crippen LogP contribution is -2.49. The lowest BCUT2D eigenvalue weighted by Gasteiger charge is -2.26. The van der Waals surface area contributed by atoms with Crippen LogP contribution in [-0.4, -0.2) is 16.4 Å². The van der Waals surface area contributed by atoms with Gasteiger partial charge in [-0.3, -0.25) is 10.1 Å². The van der Waals surface area contributed by atoms with Crippen LogP contribution in [-0.2, 0) is 11.3 Å². The molecule has 0 aliphatic carbocycles. The van der Waals surface area contributed by atoms with E-state index >= 15 is 0 Å². The minimum atomic E-state index is -0.777. The highest BCUT2D eigenvalue weighted by molar-refractivity contribution is 5.97. The van der Waals surface area contributed by atoms with Crippen molar-refractivity contribution in [1.29, 1.82) is 0 Å². The zero-order valence-electron chi connectivity index (χ0n) is 16.1. The summed E-state index contributed by atoms with van der Waals surface area (Å²) in [4.78, 5) is 16.7. The van der Waals surface area contributed by atoms with Crippen LogP contribution in [0.15, 0.2) is 72.9 Å². The average molecular weight is 375 g/mol. The average Bonchev–Trinajstić information content (AvgIpc) is 2.70. The SMILES string of the molecule is CC(C)(NCc1ccccc1Nc1ccccc1)C(=O)Nc1ccc(N)nc1. The molecule has 6 heteroatoms. The Balaban J connectivity index is 1.65. The molecule has 5 N–H and O–H groups in total. The van der Waals surface area contributed by atoms with Crippen LogP contribution in [0, 0.1) is 0 Å². The third kappa shape index (κ3) is 5.08. The Morgan fingerprint density at radius 3 is 2.39 bits per heavy atom. The van der Waals surface area contributed by atoms with Crippen LogP contribution in [0.3, 0.4) is 0 Å². The Labute approximate surface area is 165 Å². The minimum Gasteiger partial charge on any atom is -0.384 e. The molecule has 0 bridgehead atoms. The van der Waals surface area contributed by atoms with Crippen molar-refractivity contribution >= 4 is 28.8 Å². The number of hydrogen-bond donors (Lipinski definition) is 4. The molecule has 0 aliphatic heterocycles. The molecule has 0 aliphatic rings. The molecule has 0 atom stereocenters. The van der Waals surface area contributed by atoms with E-state index in [1.54, 1.807) is 18.3 Å². The van der Waals surface area contributed by atoms with Crippen LogP contribution in [0.2, 0.25) is 0 Å². The monoisotopic (exact) mass is 375 g/mol. The molecule has 1 heterocycles. The van der Waals surface area contributed by atoms with Gasteiger partial charge in [-0.2, -0.15) is 0 Å². The molecule has 0 saturated heterocycles. The summed E-state index contributed by atoms with van der Waals surface area (Å²) in [5.41, 5.74) is 8.50. The number of para-hydroxylation sites is 2. The summed E-state index contributed by atoms with van der Waals surface area (Å²) in [5.74, 6) is 0.269. The summed E-state index contributed by atoms with van der Waals surface area (Å²) in [5, 5.41) is 9.62. The van der Waals surface area contributed by atoms with Gasteiger partial charge in [-0.25, -0.2) is 4.98 Å². The summed E-state index contributed by atoms with van der Waals surface area (Å²) in [6.45, 7) is 4.23. The molecule has 3 rings (SSSR count). The maximum atomic E-state index is 12.7. The van der Waals surface area contributed by atoms with Gasteiger partial charge in [0.2, 0.25) is 5.91 Å². The number of rotatable bonds is 7. The zero-order valence-corrected chi connectivity index (χ0v) is 16.1. The van der Waals surface area contributed by atoms with E-state index in [2.05, 4.69) is 20.9 Å². The minimum absolute atomic E-state index is 0.146. The number of aromatic nitrogens is 1. The number of anilines is 4. The van der Waals surface area contributed by atoms with Gasteiger partial charge >= 0.3 is 0 Å². The first-order valence-corrected chi connectivity index (χ1v) is 9.12. The zero-order chi connectivity index (χ0) is 20.0. The number of amides is 1. The van der Waals surface area contributed by atoms with Gasteiger partial charge in [0.1, 0.15) is 5.82 Å². The van der Waals surface area contributed by atoms with Gasteiger partial charge in [0.15, 0.2) is 0 Å². The Morgan fingerprint density at radius 2 is 1.68 bits per heavy atom. The number of carbonyl (C=O) groups is 1. The van der Waals surface area contributed by atoms with Gasteiger partial charge in [-0.15, -0.1) is 0 Å². The van der Waals surface area contributed by atoms with E-state index in [0.29, 0.717) is 18.1 Å². The Morgan fingerprint density at radius 1 is 0.964 bits per heavy atom. The fourth-order valence-electron chi connectivity index (χ4n) is 2.64. The predicted molar refractivity (Wildman–Crippen MR) is 114 cm³/mol. The fraction of sp³-hybridized carbons (Fsp3) is 0.182. The third-order valence-corrected chi connectivity index (χ3v) is 4.40. The second kappa shape index (κ2) is 8.54. The van der Waals surface area contributed by atoms with Crippen molar-refractivity contribution in [3.63, 3.8) is 0 Å². The lowest BCUT2D eigenvalue weighted by atomic mass is 10.0. The van der Waals surface area contributed by atoms with Crippen LogP contribution in [0.1, 0.15) is 19.4 Å². The van der Waals surface area contributed by atoms with Gasteiger partial charge in [-0.05, 0) is 49.7 Å². The molecule has 0 radical (unpaired) electrons. The first-order valence-electron chi connectivity index (χ1n) is 9.12. The van der Waals surface area contributed by atoms with E-state index in [4.69, 9.17) is 5.73 Å². The van der Waals surface area contributed by atoms with E-state index < -0.39 is 5.54 Å². The van der Waals surface area contributed by atoms with Crippen molar-refractivity contribution in [1.82, 2.24) is 10.3 Å². The number of carbonyl (C=O) groups excluding carboxylic acids is 1. The van der Waals surface area contributed by atoms with Crippen LogP contribution < -0.4 is 21.7 Å². The normalized spacial score (nSPS) is 11.1. The number of nitrogens with one attached hydrogen (secondary N) is 3. The van der Waals surface area contributed by atoms with Crippen molar-refractivity contribution in [2.45, 2.75) is 25.9 Å². The Hall–Kier alpha value is -3.38. The van der Waals surface area contributed by atoms with Crippen molar-refractivity contribution in [2.24, 2.45) is 0 Å². The lowest BCUT2D eigenvalue weighted by molar-refractivity contribution is -0.121. The first kappa shape index (κ1) is 19.4. The molecule has 28 heavy (non-hydrogen) atoms. The summed E-state index contributed by atoms with van der Waals surface area (Å²) in [6, 6.07) is 21.4. The summed E-state index contributed by atoms with van der Waals surface area (Å²) < 4.78 is 0. The van der Waals surface area contributed by atoms with Crippen molar-refractivity contribution in [2.75, 3.05) is 16.4 Å². The highest BCUT2D eigenvalue weighted by Crippen LogP contribution is 2.21. The molecule has 2 aromatic carbocycles. The molecule has 144 valence electrons. The van der Waals surface area contributed by atoms with Crippen LogP contribution in [0.25, 0.3) is 0 Å². The van der Waals surface area contributed by atoms with E-state index in [9.17, 15) is 4.79 Å². The number of hydrogen-bond acceptors (Lipinski definition) is 5. The molecular formula is C22H25N5O. The van der Waals surface area contributed by atoms with Gasteiger partial charge in [-0.1, -0.05) is 36.4 Å². The molecule has 6 nitrogen and oxygen atoms in total. The first-order chi connectivity index (χ1) is 13.4. The van der Waals surface area contributed by atoms with Gasteiger partial charge < -0.3 is 16.4 Å². The maximum absolute atomic E-state index is 12.7. The van der Waals surface area contributed by atoms with E-state index in [-0.39, 0.29) is 5.91 Å². The fourth-order valence-corrected chi connectivity index (χ4v) is 2.64. The quantitative estimate of drug-likeness (QED) is 0.502. The predicted octanol–water partition coefficient (Wildman–Crippen LogP) is 3.91. The number of nitrogens with two attached hydrogens (primary N) is 1. The second-order valence-corrected chi connectivity index (χ2v) is 7.05. The molecule has 0 saturated carbocycles. The standard InChI is InChI=1S/C22H25N5O/c1-22(2,21(28)27-18-12-13-20(23)24-15-18)25-14-16-8-6-7-11-19(16)26-17-9-4-3-5-10-17/h3-13,15,25-26H,14H2,1-2H3,(H2,23,24)(H,27,28). The molecule has 0 fully saturated rings. The van der Waals surface area contributed by atoms with Crippen molar-refractivity contribution in [3.05, 3.63) is 78.5 Å². The van der Waals surface area contributed by atoms with E-state index in [1.807, 2.05) is 68.4 Å². The van der Waals surface area contributed by atoms with Crippen LogP contribution >= 0.6 is 0 Å². The topological polar surface area (TPSA) is 92.1 Å². The molecule has 1 aromatic heterocycles. The third-order valence-electron chi connectivity index (χ3n) is 4.40. The molecular weight excluding hydrogens is 350 g/mol. The molecule has 3 aromatic rings. The van der Waals surface area contributed by atoms with Gasteiger partial charge in [0, 0.05) is 17.9 Å². The Kier molecular flexibility index (Phi) is 5.91. The van der Waals surface area contributed by atoms with Gasteiger partial charge in [0.25, 0.3) is 0 Å². The number of nitrogens with zero attached hydrogens (tertiary/aromatic N) is 1. The van der Waals surface area contributed by atoms with Crippen LogP contribution in [0.5, 0.6) is 0 Å². The molecule has 0 unspecified atom stereocenters. The maximum Gasteiger partial charge on any atom is 0.244 e. The number of nitrogen functional groups attached to an aromatic ring is 1. The summed E-state index contributed by atoms with van der Waals surface area (Å²) in [7, 11) is 0. The van der Waals surface area contributed by atoms with E-state index in [1.165, 1.54) is 0 Å². The van der Waals surface area contributed by atoms with E-state index in [0.717, 1.165) is 16.9 Å². The van der Waals surface area contributed by atoms with Crippen LogP contribution in [0.4, 0.5) is 22.9 Å². The largest absolute Gasteiger partial charge is 0.384 e. The number of pyridine rings is 1. The van der Waals surface area contributed by atoms with Crippen molar-refractivity contribution < 1.29 is 4.79 Å². The summed E-state index contributed by atoms with van der Waals surface area (Å²) >= 11 is 0. The molecule has 1 amide bonds. The highest BCUT2D eigenvalue weighted by atomic mass is 16.2. The van der Waals surface area contributed by atoms with Gasteiger partial charge in [0.05, 0.1) is 17.4 Å². The highest BCUT2D eigenvalue weighted by Gasteiger charge is 2.27. The molecule has 0 spiro atoms. The Bertz CT molecular complexity index is 923. The van der Waals surface area contributed by atoms with Crippen molar-refractivity contribution in [3.8, 4) is 0 Å². The number of benzene rings is 2. The summed E-state index contributed by atoms with van der Waals surface area (Å²) in [6.07, 6.45) is 1.54. The smallest absolute Gasteiger partial charge is 0.244 e. The second-order valence-electron chi connectivity index (χ2n) is 7.05.